The van der Waals surface area contributed by atoms with Gasteiger partial charge in [0.2, 0.25) is 0 Å². The van der Waals surface area contributed by atoms with Crippen LogP contribution in [-0.4, -0.2) is 18.1 Å². The molecule has 0 aliphatic heterocycles. The van der Waals surface area contributed by atoms with E-state index in [4.69, 9.17) is 11.6 Å². The van der Waals surface area contributed by atoms with Gasteiger partial charge in [0.25, 0.3) is 6.43 Å². The lowest BCUT2D eigenvalue weighted by atomic mass is 10.2. The average molecular weight is 362 g/mol. The predicted octanol–water partition coefficient (Wildman–Crippen LogP) is 2.99. The fourth-order valence-electron chi connectivity index (χ4n) is 1.05. The molecule has 1 aromatic rings. The molecule has 0 amide bonds. The minimum absolute atomic E-state index is 0.0876. The van der Waals surface area contributed by atoms with Crippen LogP contribution in [0, 0.1) is 3.57 Å². The number of hydrogen-bond donors (Lipinski definition) is 0. The molecule has 1 heterocycles. The van der Waals surface area contributed by atoms with Crippen LogP contribution in [0.1, 0.15) is 17.7 Å². The number of rotatable bonds is 3. The molecule has 0 aromatic carbocycles. The summed E-state index contributed by atoms with van der Waals surface area (Å²) in [4.78, 5) is 14.7. The van der Waals surface area contributed by atoms with E-state index in [9.17, 15) is 13.6 Å². The van der Waals surface area contributed by atoms with Crippen molar-refractivity contribution in [2.75, 3.05) is 7.11 Å². The Hall–Kier alpha value is -0.500. The Morgan fingerprint density at radius 1 is 1.69 bits per heavy atom. The molecule has 0 saturated carbocycles. The predicted molar refractivity (Wildman–Crippen MR) is 62.6 cm³/mol. The van der Waals surface area contributed by atoms with Crippen molar-refractivity contribution < 1.29 is 18.3 Å². The zero-order valence-electron chi connectivity index (χ0n) is 8.14. The molecule has 0 fully saturated rings. The first-order chi connectivity index (χ1) is 7.45. The standard InChI is InChI=1S/C9H7ClF2INO2/c1-16-6(15)3-4-2-5(13)7(9(11)12)8(10)14-4/h2,9H,3H2,1H3. The number of halogens is 4. The van der Waals surface area contributed by atoms with Gasteiger partial charge in [-0.3, -0.25) is 4.79 Å². The van der Waals surface area contributed by atoms with Crippen molar-refractivity contribution in [2.24, 2.45) is 0 Å². The van der Waals surface area contributed by atoms with Crippen molar-refractivity contribution in [1.82, 2.24) is 4.98 Å². The van der Waals surface area contributed by atoms with E-state index >= 15 is 0 Å². The monoisotopic (exact) mass is 361 g/mol. The number of hydrogen-bond acceptors (Lipinski definition) is 3. The molecule has 16 heavy (non-hydrogen) atoms. The fourth-order valence-corrected chi connectivity index (χ4v) is 2.35. The van der Waals surface area contributed by atoms with E-state index in [0.717, 1.165) is 0 Å². The van der Waals surface area contributed by atoms with Gasteiger partial charge in [0, 0.05) is 3.57 Å². The molecule has 0 aliphatic carbocycles. The quantitative estimate of drug-likeness (QED) is 0.472. The van der Waals surface area contributed by atoms with Gasteiger partial charge in [-0.2, -0.15) is 0 Å². The third-order valence-electron chi connectivity index (χ3n) is 1.79. The number of nitrogens with zero attached hydrogens (tertiary/aromatic N) is 1. The van der Waals surface area contributed by atoms with Crippen LogP contribution >= 0.6 is 34.2 Å². The second-order valence-corrected chi connectivity index (χ2v) is 4.37. The maximum absolute atomic E-state index is 12.5. The Kier molecular flexibility index (Phi) is 4.85. The van der Waals surface area contributed by atoms with Gasteiger partial charge in [0.05, 0.1) is 24.8 Å². The van der Waals surface area contributed by atoms with E-state index < -0.39 is 12.4 Å². The molecular formula is C9H7ClF2INO2. The van der Waals surface area contributed by atoms with Gasteiger partial charge in [-0.25, -0.2) is 13.8 Å². The van der Waals surface area contributed by atoms with Crippen molar-refractivity contribution in [2.45, 2.75) is 12.8 Å². The number of esters is 1. The SMILES string of the molecule is COC(=O)Cc1cc(I)c(C(F)F)c(Cl)n1. The van der Waals surface area contributed by atoms with Crippen molar-refractivity contribution in [3.63, 3.8) is 0 Å². The van der Waals surface area contributed by atoms with Gasteiger partial charge in [-0.15, -0.1) is 0 Å². The first kappa shape index (κ1) is 13.6. The van der Waals surface area contributed by atoms with Crippen molar-refractivity contribution in [1.29, 1.82) is 0 Å². The van der Waals surface area contributed by atoms with Gasteiger partial charge in [0.1, 0.15) is 5.15 Å². The second kappa shape index (κ2) is 5.72. The topological polar surface area (TPSA) is 39.2 Å². The van der Waals surface area contributed by atoms with Crippen LogP contribution in [-0.2, 0) is 16.0 Å². The zero-order valence-corrected chi connectivity index (χ0v) is 11.1. The first-order valence-electron chi connectivity index (χ1n) is 4.15. The van der Waals surface area contributed by atoms with Gasteiger partial charge in [-0.1, -0.05) is 11.6 Å². The summed E-state index contributed by atoms with van der Waals surface area (Å²) in [6, 6.07) is 1.39. The molecule has 0 saturated heterocycles. The molecule has 0 N–H and O–H groups in total. The van der Waals surface area contributed by atoms with Gasteiger partial charge >= 0.3 is 5.97 Å². The lowest BCUT2D eigenvalue weighted by Gasteiger charge is -2.07. The van der Waals surface area contributed by atoms with Crippen LogP contribution in [0.25, 0.3) is 0 Å². The maximum Gasteiger partial charge on any atom is 0.311 e. The first-order valence-corrected chi connectivity index (χ1v) is 5.61. The molecule has 0 radical (unpaired) electrons. The van der Waals surface area contributed by atoms with Crippen LogP contribution < -0.4 is 0 Å². The Bertz CT molecular complexity index is 391. The lowest BCUT2D eigenvalue weighted by Crippen LogP contribution is -2.08. The zero-order chi connectivity index (χ0) is 12.3. The third-order valence-corrected chi connectivity index (χ3v) is 2.97. The largest absolute Gasteiger partial charge is 0.469 e. The highest BCUT2D eigenvalue weighted by Crippen LogP contribution is 2.30. The minimum Gasteiger partial charge on any atom is -0.469 e. The van der Waals surface area contributed by atoms with Gasteiger partial charge in [-0.05, 0) is 28.7 Å². The summed E-state index contributed by atoms with van der Waals surface area (Å²) in [5.41, 5.74) is 0.00142. The number of carbonyl (C=O) groups is 1. The molecule has 88 valence electrons. The number of carbonyl (C=O) groups excluding carboxylic acids is 1. The van der Waals surface area contributed by atoms with E-state index in [1.165, 1.54) is 13.2 Å². The Morgan fingerprint density at radius 2 is 2.31 bits per heavy atom. The normalized spacial score (nSPS) is 10.6. The molecule has 1 aromatic heterocycles. The van der Waals surface area contributed by atoms with E-state index in [0.29, 0.717) is 5.69 Å². The lowest BCUT2D eigenvalue weighted by molar-refractivity contribution is -0.139. The molecule has 3 nitrogen and oxygen atoms in total. The molecule has 1 rings (SSSR count). The number of ether oxygens (including phenoxy) is 1. The van der Waals surface area contributed by atoms with Crippen molar-refractivity contribution >= 4 is 40.2 Å². The number of methoxy groups -OCH3 is 1. The Labute approximate surface area is 109 Å². The van der Waals surface area contributed by atoms with Crippen LogP contribution in [0.5, 0.6) is 0 Å². The van der Waals surface area contributed by atoms with E-state index in [1.807, 2.05) is 0 Å². The van der Waals surface area contributed by atoms with Crippen LogP contribution in [0.2, 0.25) is 5.15 Å². The number of aromatic nitrogens is 1. The van der Waals surface area contributed by atoms with E-state index in [2.05, 4.69) is 9.72 Å². The average Bonchev–Trinajstić information content (AvgIpc) is 2.15. The van der Waals surface area contributed by atoms with Crippen molar-refractivity contribution in [3.05, 3.63) is 26.0 Å². The highest BCUT2D eigenvalue weighted by Gasteiger charge is 2.19. The minimum atomic E-state index is -2.68. The number of alkyl halides is 2. The van der Waals surface area contributed by atoms with E-state index in [1.54, 1.807) is 22.6 Å². The Balaban J connectivity index is 3.05. The Morgan fingerprint density at radius 3 is 2.75 bits per heavy atom. The van der Waals surface area contributed by atoms with Crippen LogP contribution in [0.15, 0.2) is 6.07 Å². The highest BCUT2D eigenvalue weighted by molar-refractivity contribution is 14.1. The summed E-state index contributed by atoms with van der Waals surface area (Å²) in [5, 5.41) is -0.277. The summed E-state index contributed by atoms with van der Waals surface area (Å²) in [5.74, 6) is -0.496. The molecular weight excluding hydrogens is 354 g/mol. The molecule has 0 unspecified atom stereocenters. The molecule has 0 spiro atoms. The van der Waals surface area contributed by atoms with Gasteiger partial charge < -0.3 is 4.74 Å². The summed E-state index contributed by atoms with van der Waals surface area (Å²) >= 11 is 7.34. The summed E-state index contributed by atoms with van der Waals surface area (Å²) in [6.07, 6.45) is -2.77. The van der Waals surface area contributed by atoms with Crippen LogP contribution in [0.4, 0.5) is 8.78 Å². The molecule has 0 bridgehead atoms. The summed E-state index contributed by atoms with van der Waals surface area (Å²) in [6.45, 7) is 0. The van der Waals surface area contributed by atoms with Crippen molar-refractivity contribution in [3.8, 4) is 0 Å². The van der Waals surface area contributed by atoms with Gasteiger partial charge in [0.15, 0.2) is 0 Å². The molecule has 0 atom stereocenters. The smallest absolute Gasteiger partial charge is 0.311 e. The highest BCUT2D eigenvalue weighted by atomic mass is 127. The second-order valence-electron chi connectivity index (χ2n) is 2.85. The number of pyridine rings is 1. The summed E-state index contributed by atoms with van der Waals surface area (Å²) < 4.78 is 29.8. The molecule has 0 aliphatic rings. The van der Waals surface area contributed by atoms with Crippen LogP contribution in [0.3, 0.4) is 0 Å². The summed E-state index contributed by atoms with van der Waals surface area (Å²) in [7, 11) is 1.24. The third kappa shape index (κ3) is 3.24. The van der Waals surface area contributed by atoms with E-state index in [-0.39, 0.29) is 20.7 Å². The molecule has 7 heteroatoms. The fraction of sp³-hybridized carbons (Fsp3) is 0.333. The maximum atomic E-state index is 12.5.